The van der Waals surface area contributed by atoms with Crippen LogP contribution in [0.5, 0.6) is 5.75 Å². The number of carbonyl (C=O) groups excluding carboxylic acids is 2. The molecule has 5 rings (SSSR count). The largest absolute Gasteiger partial charge is 0.490 e. The highest BCUT2D eigenvalue weighted by atomic mass is 32.1. The summed E-state index contributed by atoms with van der Waals surface area (Å²) in [6.07, 6.45) is 1.28. The lowest BCUT2D eigenvalue weighted by atomic mass is 9.93. The van der Waals surface area contributed by atoms with Gasteiger partial charge in [-0.3, -0.25) is 9.59 Å². The van der Waals surface area contributed by atoms with E-state index in [1.54, 1.807) is 29.5 Å². The highest BCUT2D eigenvalue weighted by Gasteiger charge is 2.28. The smallest absolute Gasteiger partial charge is 0.355 e. The summed E-state index contributed by atoms with van der Waals surface area (Å²) in [6, 6.07) is 14.1. The number of amides is 2. The summed E-state index contributed by atoms with van der Waals surface area (Å²) in [5.74, 6) is -1.67. The number of rotatable bonds is 8. The van der Waals surface area contributed by atoms with Crippen LogP contribution in [-0.4, -0.2) is 40.5 Å². The van der Waals surface area contributed by atoms with Gasteiger partial charge in [0, 0.05) is 52.3 Å². The fourth-order valence-corrected chi connectivity index (χ4v) is 6.00. The molecule has 9 nitrogen and oxygen atoms in total. The van der Waals surface area contributed by atoms with E-state index in [-0.39, 0.29) is 28.6 Å². The van der Waals surface area contributed by atoms with Crippen molar-refractivity contribution in [3.8, 4) is 27.3 Å². The van der Waals surface area contributed by atoms with Gasteiger partial charge in [0.05, 0.1) is 0 Å². The Morgan fingerprint density at radius 1 is 1.07 bits per heavy atom. The predicted molar refractivity (Wildman–Crippen MR) is 163 cm³/mol. The molecule has 2 aromatic heterocycles. The molecule has 4 aromatic rings. The van der Waals surface area contributed by atoms with E-state index in [9.17, 15) is 19.5 Å². The molecular formula is C32H32N4O5S. The average Bonchev–Trinajstić information content (AvgIpc) is 3.38. The van der Waals surface area contributed by atoms with Gasteiger partial charge in [-0.05, 0) is 78.7 Å². The van der Waals surface area contributed by atoms with Crippen molar-refractivity contribution < 1.29 is 24.2 Å². The molecule has 1 aliphatic rings. The summed E-state index contributed by atoms with van der Waals surface area (Å²) in [6.45, 7) is 6.59. The fraction of sp³-hybridized carbons (Fsp3) is 0.250. The zero-order valence-electron chi connectivity index (χ0n) is 23.6. The minimum Gasteiger partial charge on any atom is -0.490 e. The summed E-state index contributed by atoms with van der Waals surface area (Å²) < 4.78 is 6.30. The lowest BCUT2D eigenvalue weighted by Gasteiger charge is -2.19. The molecule has 3 heterocycles. The Labute approximate surface area is 247 Å². The summed E-state index contributed by atoms with van der Waals surface area (Å²) >= 11 is 1.56. The summed E-state index contributed by atoms with van der Waals surface area (Å²) in [7, 11) is 0. The number of fused-ring (bicyclic) bond motifs is 3. The molecule has 216 valence electrons. The number of aromatic carboxylic acids is 1. The van der Waals surface area contributed by atoms with Crippen LogP contribution >= 0.6 is 11.3 Å². The Morgan fingerprint density at radius 3 is 2.60 bits per heavy atom. The molecule has 0 bridgehead atoms. The van der Waals surface area contributed by atoms with E-state index < -0.39 is 17.8 Å². The number of aryl methyl sites for hydroxylation is 1. The number of hydrogen-bond acceptors (Lipinski definition) is 7. The van der Waals surface area contributed by atoms with Crippen LogP contribution in [-0.2, 0) is 13.0 Å². The molecular weight excluding hydrogens is 552 g/mol. The number of benzene rings is 2. The van der Waals surface area contributed by atoms with Crippen molar-refractivity contribution in [3.63, 3.8) is 0 Å². The number of ether oxygens (including phenoxy) is 1. The zero-order valence-corrected chi connectivity index (χ0v) is 24.4. The van der Waals surface area contributed by atoms with E-state index in [1.807, 2.05) is 38.3 Å². The van der Waals surface area contributed by atoms with Crippen molar-refractivity contribution in [2.45, 2.75) is 46.3 Å². The second kappa shape index (κ2) is 12.1. The summed E-state index contributed by atoms with van der Waals surface area (Å²) in [4.78, 5) is 44.2. The van der Waals surface area contributed by atoms with E-state index >= 15 is 0 Å². The Hall–Kier alpha value is -4.54. The van der Waals surface area contributed by atoms with Crippen LogP contribution in [0.25, 0.3) is 21.6 Å². The number of carboxylic acid groups (broad SMARTS) is 1. The number of anilines is 1. The first-order valence-corrected chi connectivity index (χ1v) is 14.6. The molecule has 1 atom stereocenters. The Balaban J connectivity index is 1.68. The van der Waals surface area contributed by atoms with Crippen LogP contribution in [0.2, 0.25) is 0 Å². The van der Waals surface area contributed by atoms with Crippen LogP contribution in [0.4, 0.5) is 5.69 Å². The molecule has 0 saturated carbocycles. The standard InChI is InChI=1S/C32H32N4O5S/c1-4-10-34-31(38)26-8-6-21(28(35-26)32(39)40)22-15-27-24(29-20(9-11-42-29)13-18(3)41-27)14-23(22)30(37)36-25-7-5-19(16-33)12-17(25)2/h5-9,11-12,14-15,18H,4,10,13,16,33H2,1-3H3,(H,34,38)(H,36,37)(H,39,40)/t18-/m0/s1. The molecule has 10 heteroatoms. The van der Waals surface area contributed by atoms with Crippen LogP contribution < -0.4 is 21.1 Å². The average molecular weight is 585 g/mol. The molecule has 0 aliphatic carbocycles. The van der Waals surface area contributed by atoms with Gasteiger partial charge in [0.25, 0.3) is 11.8 Å². The number of nitrogens with one attached hydrogen (secondary N) is 2. The highest BCUT2D eigenvalue weighted by molar-refractivity contribution is 7.13. The molecule has 1 aliphatic heterocycles. The monoisotopic (exact) mass is 584 g/mol. The van der Waals surface area contributed by atoms with Gasteiger partial charge in [-0.2, -0.15) is 0 Å². The van der Waals surface area contributed by atoms with Crippen molar-refractivity contribution in [1.82, 2.24) is 10.3 Å². The number of nitrogens with two attached hydrogens (primary N) is 1. The lowest BCUT2D eigenvalue weighted by molar-refractivity contribution is 0.0691. The third-order valence-corrected chi connectivity index (χ3v) is 8.11. The van der Waals surface area contributed by atoms with Crippen molar-refractivity contribution in [2.75, 3.05) is 11.9 Å². The van der Waals surface area contributed by atoms with E-state index in [4.69, 9.17) is 10.5 Å². The maximum atomic E-state index is 14.0. The normalized spacial score (nSPS) is 13.8. The lowest BCUT2D eigenvalue weighted by Crippen LogP contribution is -2.25. The topological polar surface area (TPSA) is 144 Å². The zero-order chi connectivity index (χ0) is 30.0. The van der Waals surface area contributed by atoms with Gasteiger partial charge in [0.2, 0.25) is 0 Å². The fourth-order valence-electron chi connectivity index (χ4n) is 5.04. The first-order chi connectivity index (χ1) is 20.2. The molecule has 2 aromatic carbocycles. The van der Waals surface area contributed by atoms with Crippen molar-refractivity contribution >= 4 is 34.8 Å². The SMILES string of the molecule is CCCNC(=O)c1ccc(-c2cc3c(cc2C(=O)Nc2ccc(CN)cc2C)-c2sccc2C[C@H](C)O3)c(C(=O)O)n1. The minimum atomic E-state index is -1.32. The molecule has 2 amide bonds. The second-order valence-corrected chi connectivity index (χ2v) is 11.2. The number of hydrogen-bond donors (Lipinski definition) is 4. The maximum absolute atomic E-state index is 14.0. The van der Waals surface area contributed by atoms with Crippen LogP contribution in [0.15, 0.2) is 53.9 Å². The van der Waals surface area contributed by atoms with Crippen molar-refractivity contribution in [2.24, 2.45) is 5.73 Å². The minimum absolute atomic E-state index is 0.0194. The summed E-state index contributed by atoms with van der Waals surface area (Å²) in [5.41, 5.74) is 10.5. The molecule has 0 spiro atoms. The summed E-state index contributed by atoms with van der Waals surface area (Å²) in [5, 5.41) is 17.9. The second-order valence-electron chi connectivity index (χ2n) is 10.3. The Kier molecular flexibility index (Phi) is 8.37. The van der Waals surface area contributed by atoms with Gasteiger partial charge >= 0.3 is 5.97 Å². The van der Waals surface area contributed by atoms with Gasteiger partial charge in [0.1, 0.15) is 17.5 Å². The molecule has 0 fully saturated rings. The van der Waals surface area contributed by atoms with Gasteiger partial charge < -0.3 is 26.2 Å². The van der Waals surface area contributed by atoms with E-state index in [1.165, 1.54) is 12.1 Å². The number of aromatic nitrogens is 1. The van der Waals surface area contributed by atoms with Gasteiger partial charge in [-0.15, -0.1) is 11.3 Å². The Morgan fingerprint density at radius 2 is 1.88 bits per heavy atom. The molecule has 0 saturated heterocycles. The highest BCUT2D eigenvalue weighted by Crippen LogP contribution is 2.44. The quantitative estimate of drug-likeness (QED) is 0.209. The first kappa shape index (κ1) is 29.0. The van der Waals surface area contributed by atoms with Crippen molar-refractivity contribution in [1.29, 1.82) is 0 Å². The number of pyridine rings is 1. The number of thiophene rings is 1. The van der Waals surface area contributed by atoms with Gasteiger partial charge in [-0.1, -0.05) is 19.1 Å². The molecule has 5 N–H and O–H groups in total. The number of carboxylic acids is 1. The van der Waals surface area contributed by atoms with Crippen LogP contribution in [0, 0.1) is 6.92 Å². The van der Waals surface area contributed by atoms with Crippen LogP contribution in [0.3, 0.4) is 0 Å². The van der Waals surface area contributed by atoms with Crippen LogP contribution in [0.1, 0.15) is 68.3 Å². The third kappa shape index (κ3) is 5.77. The maximum Gasteiger partial charge on any atom is 0.355 e. The number of nitrogens with zero attached hydrogens (tertiary/aromatic N) is 1. The third-order valence-electron chi connectivity index (χ3n) is 7.12. The molecule has 42 heavy (non-hydrogen) atoms. The Bertz CT molecular complexity index is 1700. The molecule has 0 unspecified atom stereocenters. The van der Waals surface area contributed by atoms with Gasteiger partial charge in [-0.25, -0.2) is 9.78 Å². The van der Waals surface area contributed by atoms with E-state index in [0.717, 1.165) is 33.6 Å². The first-order valence-electron chi connectivity index (χ1n) is 13.7. The predicted octanol–water partition coefficient (Wildman–Crippen LogP) is 5.66. The number of carbonyl (C=O) groups is 3. The molecule has 0 radical (unpaired) electrons. The van der Waals surface area contributed by atoms with Crippen molar-refractivity contribution in [3.05, 3.63) is 87.6 Å². The van der Waals surface area contributed by atoms with E-state index in [0.29, 0.717) is 36.5 Å². The van der Waals surface area contributed by atoms with E-state index in [2.05, 4.69) is 21.7 Å². The van der Waals surface area contributed by atoms with Gasteiger partial charge in [0.15, 0.2) is 5.69 Å².